The van der Waals surface area contributed by atoms with Gasteiger partial charge in [0.1, 0.15) is 0 Å². The largest absolute Gasteiger partial charge is 0.450 e. The zero-order valence-electron chi connectivity index (χ0n) is 8.03. The lowest BCUT2D eigenvalue weighted by atomic mass is 10.0. The predicted octanol–water partition coefficient (Wildman–Crippen LogP) is 0.990. The zero-order chi connectivity index (χ0) is 9.68. The number of aliphatic hydroxyl groups excluding tert-OH is 1. The van der Waals surface area contributed by atoms with Crippen LogP contribution in [0.3, 0.4) is 0 Å². The molecule has 0 aliphatic carbocycles. The molecule has 1 aliphatic heterocycles. The Kier molecular flexibility index (Phi) is 4.02. The van der Waals surface area contributed by atoms with Crippen molar-refractivity contribution in [3.8, 4) is 0 Å². The van der Waals surface area contributed by atoms with Crippen LogP contribution in [0.25, 0.3) is 0 Å². The summed E-state index contributed by atoms with van der Waals surface area (Å²) in [6.07, 6.45) is 2.69. The minimum atomic E-state index is -0.291. The first kappa shape index (κ1) is 10.3. The molecule has 13 heavy (non-hydrogen) atoms. The van der Waals surface area contributed by atoms with Crippen molar-refractivity contribution in [2.75, 3.05) is 19.8 Å². The van der Waals surface area contributed by atoms with Gasteiger partial charge in [-0.3, -0.25) is 0 Å². The number of piperidine rings is 1. The number of nitrogens with zero attached hydrogens (tertiary/aromatic N) is 1. The number of likely N-dealkylation sites (tertiary alicyclic amines) is 1. The Hall–Kier alpha value is -0.770. The maximum absolute atomic E-state index is 11.4. The smallest absolute Gasteiger partial charge is 0.410 e. The van der Waals surface area contributed by atoms with Gasteiger partial charge in [-0.15, -0.1) is 0 Å². The molecule has 1 N–H and O–H groups in total. The second kappa shape index (κ2) is 5.07. The molecule has 1 atom stereocenters. The van der Waals surface area contributed by atoms with Crippen molar-refractivity contribution in [1.82, 2.24) is 4.90 Å². The van der Waals surface area contributed by atoms with Gasteiger partial charge in [0.25, 0.3) is 0 Å². The van der Waals surface area contributed by atoms with E-state index in [2.05, 4.69) is 0 Å². The minimum Gasteiger partial charge on any atom is -0.450 e. The van der Waals surface area contributed by atoms with Crippen molar-refractivity contribution in [2.24, 2.45) is 0 Å². The van der Waals surface area contributed by atoms with Gasteiger partial charge >= 0.3 is 6.09 Å². The summed E-state index contributed by atoms with van der Waals surface area (Å²) in [6, 6.07) is -0.0344. The number of hydrogen-bond donors (Lipinski definition) is 1. The Bertz CT molecular complexity index is 172. The van der Waals surface area contributed by atoms with Gasteiger partial charge in [-0.1, -0.05) is 0 Å². The van der Waals surface area contributed by atoms with Crippen LogP contribution in [0.15, 0.2) is 0 Å². The Morgan fingerprint density at radius 1 is 1.62 bits per heavy atom. The Morgan fingerprint density at radius 2 is 2.38 bits per heavy atom. The van der Waals surface area contributed by atoms with Crippen LogP contribution in [0.5, 0.6) is 0 Å². The summed E-state index contributed by atoms with van der Waals surface area (Å²) in [4.78, 5) is 13.0. The van der Waals surface area contributed by atoms with E-state index in [9.17, 15) is 4.79 Å². The molecule has 1 fully saturated rings. The molecule has 0 aromatic heterocycles. The zero-order valence-corrected chi connectivity index (χ0v) is 8.03. The van der Waals surface area contributed by atoms with E-state index in [1.807, 2.05) is 0 Å². The van der Waals surface area contributed by atoms with E-state index in [0.29, 0.717) is 13.2 Å². The third-order valence-electron chi connectivity index (χ3n) is 2.34. The lowest BCUT2D eigenvalue weighted by molar-refractivity contribution is 0.0566. The number of carbonyl (C=O) groups is 1. The van der Waals surface area contributed by atoms with Gasteiger partial charge < -0.3 is 14.7 Å². The summed E-state index contributed by atoms with van der Waals surface area (Å²) >= 11 is 0. The van der Waals surface area contributed by atoms with Gasteiger partial charge in [0.2, 0.25) is 0 Å². The van der Waals surface area contributed by atoms with E-state index in [0.717, 1.165) is 19.3 Å². The molecule has 1 rings (SSSR count). The first-order valence-electron chi connectivity index (χ1n) is 4.83. The maximum atomic E-state index is 11.4. The molecule has 0 aromatic carbocycles. The Labute approximate surface area is 78.5 Å². The van der Waals surface area contributed by atoms with Gasteiger partial charge in [-0.25, -0.2) is 4.79 Å². The summed E-state index contributed by atoms with van der Waals surface area (Å²) in [5.41, 5.74) is 0. The number of aliphatic hydroxyl groups is 1. The van der Waals surface area contributed by atoms with E-state index >= 15 is 0 Å². The standard InChI is InChI=1S/C9H17NO3/c1-2-13-9(12)10-6-4-3-5-8(10)7-11/h8,11H,2-7H2,1H3/t8-/m0/s1. The summed E-state index contributed by atoms with van der Waals surface area (Å²) in [5, 5.41) is 9.03. The molecule has 76 valence electrons. The molecule has 0 spiro atoms. The second-order valence-electron chi connectivity index (χ2n) is 3.22. The molecular formula is C9H17NO3. The van der Waals surface area contributed by atoms with Gasteiger partial charge in [0.05, 0.1) is 19.3 Å². The van der Waals surface area contributed by atoms with Crippen LogP contribution in [0.4, 0.5) is 4.79 Å². The summed E-state index contributed by atoms with van der Waals surface area (Å²) < 4.78 is 4.89. The average molecular weight is 187 g/mol. The molecule has 4 nitrogen and oxygen atoms in total. The van der Waals surface area contributed by atoms with E-state index < -0.39 is 0 Å². The molecule has 0 unspecified atom stereocenters. The molecule has 0 bridgehead atoms. The van der Waals surface area contributed by atoms with Crippen molar-refractivity contribution in [1.29, 1.82) is 0 Å². The van der Waals surface area contributed by atoms with Crippen LogP contribution >= 0.6 is 0 Å². The van der Waals surface area contributed by atoms with Crippen LogP contribution in [0.1, 0.15) is 26.2 Å². The third-order valence-corrected chi connectivity index (χ3v) is 2.34. The van der Waals surface area contributed by atoms with E-state index in [4.69, 9.17) is 9.84 Å². The summed E-state index contributed by atoms with van der Waals surface area (Å²) in [7, 11) is 0. The lowest BCUT2D eigenvalue weighted by Gasteiger charge is -2.33. The highest BCUT2D eigenvalue weighted by molar-refractivity contribution is 5.68. The number of hydrogen-bond acceptors (Lipinski definition) is 3. The minimum absolute atomic E-state index is 0.0344. The molecule has 0 aromatic rings. The number of amides is 1. The number of rotatable bonds is 2. The number of carbonyl (C=O) groups excluding carboxylic acids is 1. The maximum Gasteiger partial charge on any atom is 0.410 e. The molecule has 1 heterocycles. The fourth-order valence-electron chi connectivity index (χ4n) is 1.64. The van der Waals surface area contributed by atoms with Crippen molar-refractivity contribution < 1.29 is 14.6 Å². The first-order valence-corrected chi connectivity index (χ1v) is 4.83. The van der Waals surface area contributed by atoms with Crippen molar-refractivity contribution in [2.45, 2.75) is 32.2 Å². The molecule has 0 radical (unpaired) electrons. The third kappa shape index (κ3) is 2.59. The quantitative estimate of drug-likeness (QED) is 0.701. The normalized spacial score (nSPS) is 22.9. The van der Waals surface area contributed by atoms with Gasteiger partial charge in [-0.05, 0) is 26.2 Å². The van der Waals surface area contributed by atoms with Crippen LogP contribution < -0.4 is 0 Å². The first-order chi connectivity index (χ1) is 6.29. The summed E-state index contributed by atoms with van der Waals surface area (Å²) in [5.74, 6) is 0. The van der Waals surface area contributed by atoms with Crippen molar-refractivity contribution in [3.63, 3.8) is 0 Å². The van der Waals surface area contributed by atoms with Crippen molar-refractivity contribution >= 4 is 6.09 Å². The monoisotopic (exact) mass is 187 g/mol. The SMILES string of the molecule is CCOC(=O)N1CCCC[C@H]1CO. The highest BCUT2D eigenvalue weighted by atomic mass is 16.6. The molecule has 1 aliphatic rings. The van der Waals surface area contributed by atoms with E-state index in [1.165, 1.54) is 0 Å². The molecule has 1 amide bonds. The van der Waals surface area contributed by atoms with Gasteiger partial charge in [0.15, 0.2) is 0 Å². The van der Waals surface area contributed by atoms with E-state index in [-0.39, 0.29) is 18.7 Å². The molecule has 1 saturated heterocycles. The van der Waals surface area contributed by atoms with Gasteiger partial charge in [0, 0.05) is 6.54 Å². The van der Waals surface area contributed by atoms with Gasteiger partial charge in [-0.2, -0.15) is 0 Å². The molecular weight excluding hydrogens is 170 g/mol. The highest BCUT2D eigenvalue weighted by Crippen LogP contribution is 2.17. The highest BCUT2D eigenvalue weighted by Gasteiger charge is 2.26. The molecule has 4 heteroatoms. The van der Waals surface area contributed by atoms with Crippen LogP contribution in [0, 0.1) is 0 Å². The Balaban J connectivity index is 2.48. The average Bonchev–Trinajstić information content (AvgIpc) is 2.18. The molecule has 0 saturated carbocycles. The van der Waals surface area contributed by atoms with Crippen molar-refractivity contribution in [3.05, 3.63) is 0 Å². The van der Waals surface area contributed by atoms with Crippen LogP contribution in [-0.2, 0) is 4.74 Å². The number of ether oxygens (including phenoxy) is 1. The lowest BCUT2D eigenvalue weighted by Crippen LogP contribution is -2.45. The fourth-order valence-corrected chi connectivity index (χ4v) is 1.64. The summed E-state index contributed by atoms with van der Waals surface area (Å²) in [6.45, 7) is 2.94. The van der Waals surface area contributed by atoms with Crippen LogP contribution in [0.2, 0.25) is 0 Å². The predicted molar refractivity (Wildman–Crippen MR) is 48.5 cm³/mol. The Morgan fingerprint density at radius 3 is 3.00 bits per heavy atom. The van der Waals surface area contributed by atoms with Crippen LogP contribution in [-0.4, -0.2) is 41.9 Å². The fraction of sp³-hybridized carbons (Fsp3) is 0.889. The van der Waals surface area contributed by atoms with E-state index in [1.54, 1.807) is 11.8 Å². The topological polar surface area (TPSA) is 49.8 Å². The second-order valence-corrected chi connectivity index (χ2v) is 3.22.